The van der Waals surface area contributed by atoms with E-state index in [2.05, 4.69) is 17.4 Å². The number of ether oxygens (including phenoxy) is 2. The van der Waals surface area contributed by atoms with E-state index < -0.39 is 5.91 Å². The predicted molar refractivity (Wildman–Crippen MR) is 60.6 cm³/mol. The molecule has 0 atom stereocenters. The van der Waals surface area contributed by atoms with E-state index in [1.807, 2.05) is 25.1 Å². The average Bonchev–Trinajstić information content (AvgIpc) is 2.30. The van der Waals surface area contributed by atoms with Crippen molar-refractivity contribution in [3.63, 3.8) is 0 Å². The minimum absolute atomic E-state index is 0.686. The van der Waals surface area contributed by atoms with Crippen molar-refractivity contribution < 1.29 is 9.47 Å². The number of methoxy groups -OCH3 is 2. The van der Waals surface area contributed by atoms with Crippen molar-refractivity contribution in [1.29, 1.82) is 0 Å². The van der Waals surface area contributed by atoms with Crippen molar-refractivity contribution >= 4 is 0 Å². The second-order valence-corrected chi connectivity index (χ2v) is 3.52. The molecule has 0 bridgehead atoms. The van der Waals surface area contributed by atoms with Crippen molar-refractivity contribution in [2.45, 2.75) is 19.3 Å². The Balaban J connectivity index is 2.33. The van der Waals surface area contributed by atoms with Gasteiger partial charge in [0.15, 0.2) is 0 Å². The van der Waals surface area contributed by atoms with Crippen LogP contribution in [0.4, 0.5) is 0 Å². The largest absolute Gasteiger partial charge is 0.341 e. The smallest absolute Gasteiger partial charge is 0.223 e. The van der Waals surface area contributed by atoms with Crippen molar-refractivity contribution in [3.8, 4) is 0 Å². The van der Waals surface area contributed by atoms with Crippen LogP contribution in [0.2, 0.25) is 0 Å². The summed E-state index contributed by atoms with van der Waals surface area (Å²) < 4.78 is 10.4. The SMILES string of the molecule is COC(C)(NCCc1ccccc1)OC. The topological polar surface area (TPSA) is 30.5 Å². The molecule has 0 radical (unpaired) electrons. The van der Waals surface area contributed by atoms with Crippen LogP contribution in [0.3, 0.4) is 0 Å². The summed E-state index contributed by atoms with van der Waals surface area (Å²) in [6, 6.07) is 10.3. The molecular formula is C12H19NO2. The molecule has 1 N–H and O–H groups in total. The molecule has 0 amide bonds. The maximum Gasteiger partial charge on any atom is 0.223 e. The minimum atomic E-state index is -0.686. The normalized spacial score (nSPS) is 11.7. The fourth-order valence-electron chi connectivity index (χ4n) is 1.31. The lowest BCUT2D eigenvalue weighted by Gasteiger charge is -2.27. The first-order valence-corrected chi connectivity index (χ1v) is 5.09. The van der Waals surface area contributed by atoms with Gasteiger partial charge < -0.3 is 9.47 Å². The van der Waals surface area contributed by atoms with Gasteiger partial charge >= 0.3 is 0 Å². The number of rotatable bonds is 6. The Labute approximate surface area is 91.4 Å². The second-order valence-electron chi connectivity index (χ2n) is 3.52. The molecule has 3 nitrogen and oxygen atoms in total. The van der Waals surface area contributed by atoms with Gasteiger partial charge in [-0.05, 0) is 12.0 Å². The van der Waals surface area contributed by atoms with Crippen LogP contribution < -0.4 is 5.32 Å². The molecule has 0 unspecified atom stereocenters. The minimum Gasteiger partial charge on any atom is -0.341 e. The molecule has 15 heavy (non-hydrogen) atoms. The predicted octanol–water partition coefficient (Wildman–Crippen LogP) is 1.79. The molecule has 3 heteroatoms. The third-order valence-electron chi connectivity index (χ3n) is 2.48. The molecule has 0 saturated heterocycles. The third kappa shape index (κ3) is 4.00. The van der Waals surface area contributed by atoms with Crippen LogP contribution in [-0.4, -0.2) is 26.7 Å². The van der Waals surface area contributed by atoms with Gasteiger partial charge in [0.2, 0.25) is 5.91 Å². The molecule has 0 aromatic heterocycles. The van der Waals surface area contributed by atoms with Gasteiger partial charge in [-0.15, -0.1) is 0 Å². The third-order valence-corrected chi connectivity index (χ3v) is 2.48. The number of hydrogen-bond acceptors (Lipinski definition) is 3. The van der Waals surface area contributed by atoms with Gasteiger partial charge in [-0.2, -0.15) is 0 Å². The molecule has 0 fully saturated rings. The average molecular weight is 209 g/mol. The quantitative estimate of drug-likeness (QED) is 0.724. The Bertz CT molecular complexity index is 270. The summed E-state index contributed by atoms with van der Waals surface area (Å²) in [6.45, 7) is 2.68. The zero-order valence-corrected chi connectivity index (χ0v) is 9.62. The summed E-state index contributed by atoms with van der Waals surface area (Å²) >= 11 is 0. The van der Waals surface area contributed by atoms with Crippen molar-refractivity contribution in [2.24, 2.45) is 0 Å². The van der Waals surface area contributed by atoms with E-state index in [0.29, 0.717) is 0 Å². The molecule has 1 rings (SSSR count). The lowest BCUT2D eigenvalue weighted by molar-refractivity contribution is -0.214. The zero-order chi connectivity index (χ0) is 11.1. The first kappa shape index (κ1) is 12.2. The van der Waals surface area contributed by atoms with Gasteiger partial charge in [0, 0.05) is 27.7 Å². The highest BCUT2D eigenvalue weighted by Crippen LogP contribution is 2.05. The van der Waals surface area contributed by atoms with E-state index in [1.165, 1.54) is 5.56 Å². The Morgan fingerprint density at radius 3 is 2.27 bits per heavy atom. The van der Waals surface area contributed by atoms with Crippen LogP contribution in [0, 0.1) is 0 Å². The van der Waals surface area contributed by atoms with Crippen LogP contribution in [0.25, 0.3) is 0 Å². The van der Waals surface area contributed by atoms with Crippen LogP contribution in [0.1, 0.15) is 12.5 Å². The van der Waals surface area contributed by atoms with Gasteiger partial charge in [0.05, 0.1) is 0 Å². The molecule has 0 aliphatic heterocycles. The Morgan fingerprint density at radius 1 is 1.13 bits per heavy atom. The number of nitrogens with one attached hydrogen (secondary N) is 1. The molecule has 84 valence electrons. The molecule has 0 saturated carbocycles. The number of benzene rings is 1. The maximum atomic E-state index is 5.19. The van der Waals surface area contributed by atoms with Crippen LogP contribution in [0.5, 0.6) is 0 Å². The summed E-state index contributed by atoms with van der Waals surface area (Å²) in [7, 11) is 3.25. The van der Waals surface area contributed by atoms with Gasteiger partial charge in [-0.25, -0.2) is 0 Å². The van der Waals surface area contributed by atoms with E-state index in [-0.39, 0.29) is 0 Å². The van der Waals surface area contributed by atoms with Crippen LogP contribution in [-0.2, 0) is 15.9 Å². The van der Waals surface area contributed by atoms with E-state index in [4.69, 9.17) is 9.47 Å². The highest BCUT2D eigenvalue weighted by molar-refractivity contribution is 5.14. The molecule has 0 spiro atoms. The monoisotopic (exact) mass is 209 g/mol. The fourth-order valence-corrected chi connectivity index (χ4v) is 1.31. The van der Waals surface area contributed by atoms with Gasteiger partial charge in [0.25, 0.3) is 0 Å². The lowest BCUT2D eigenvalue weighted by atomic mass is 10.1. The Hall–Kier alpha value is -0.900. The van der Waals surface area contributed by atoms with E-state index in [0.717, 1.165) is 13.0 Å². The van der Waals surface area contributed by atoms with E-state index >= 15 is 0 Å². The van der Waals surface area contributed by atoms with Crippen molar-refractivity contribution in [3.05, 3.63) is 35.9 Å². The van der Waals surface area contributed by atoms with Gasteiger partial charge in [-0.1, -0.05) is 30.3 Å². The van der Waals surface area contributed by atoms with Crippen LogP contribution >= 0.6 is 0 Å². The summed E-state index contributed by atoms with van der Waals surface area (Å²) in [5, 5.41) is 3.20. The van der Waals surface area contributed by atoms with Crippen molar-refractivity contribution in [2.75, 3.05) is 20.8 Å². The van der Waals surface area contributed by atoms with Crippen molar-refractivity contribution in [1.82, 2.24) is 5.32 Å². The lowest BCUT2D eigenvalue weighted by Crippen LogP contribution is -2.46. The number of hydrogen-bond donors (Lipinski definition) is 1. The standard InChI is InChI=1S/C12H19NO2/c1-12(14-2,15-3)13-10-9-11-7-5-4-6-8-11/h4-8,13H,9-10H2,1-3H3. The summed E-state index contributed by atoms with van der Waals surface area (Å²) in [5.74, 6) is -0.686. The first-order valence-electron chi connectivity index (χ1n) is 5.09. The Morgan fingerprint density at radius 2 is 1.73 bits per heavy atom. The molecule has 0 aliphatic carbocycles. The van der Waals surface area contributed by atoms with Gasteiger partial charge in [-0.3, -0.25) is 5.32 Å². The molecule has 0 heterocycles. The summed E-state index contributed by atoms with van der Waals surface area (Å²) in [4.78, 5) is 0. The van der Waals surface area contributed by atoms with E-state index in [1.54, 1.807) is 14.2 Å². The zero-order valence-electron chi connectivity index (χ0n) is 9.62. The Kier molecular flexibility index (Phi) is 4.75. The fraction of sp³-hybridized carbons (Fsp3) is 0.500. The highest BCUT2D eigenvalue weighted by Gasteiger charge is 2.20. The first-order chi connectivity index (χ1) is 7.20. The van der Waals surface area contributed by atoms with E-state index in [9.17, 15) is 0 Å². The molecule has 1 aromatic rings. The summed E-state index contributed by atoms with van der Waals surface area (Å²) in [5.41, 5.74) is 1.31. The summed E-state index contributed by atoms with van der Waals surface area (Å²) in [6.07, 6.45) is 0.961. The highest BCUT2D eigenvalue weighted by atomic mass is 16.7. The van der Waals surface area contributed by atoms with Crippen LogP contribution in [0.15, 0.2) is 30.3 Å². The maximum absolute atomic E-state index is 5.19. The second kappa shape index (κ2) is 5.85. The van der Waals surface area contributed by atoms with Gasteiger partial charge in [0.1, 0.15) is 0 Å². The molecule has 1 aromatic carbocycles. The molecular weight excluding hydrogens is 190 g/mol. The molecule has 0 aliphatic rings.